The SMILES string of the molecule is CCC1(CCc2ccccc2)CCN1. The van der Waals surface area contributed by atoms with Crippen molar-refractivity contribution in [3.63, 3.8) is 0 Å². The first-order valence-electron chi connectivity index (χ1n) is 5.64. The molecule has 0 saturated carbocycles. The Hall–Kier alpha value is -0.820. The summed E-state index contributed by atoms with van der Waals surface area (Å²) in [5, 5.41) is 3.58. The molecule has 1 fully saturated rings. The van der Waals surface area contributed by atoms with E-state index in [2.05, 4.69) is 42.6 Å². The maximum absolute atomic E-state index is 3.58. The lowest BCUT2D eigenvalue weighted by Gasteiger charge is -2.43. The number of aryl methyl sites for hydroxylation is 1. The summed E-state index contributed by atoms with van der Waals surface area (Å²) in [4.78, 5) is 0. The van der Waals surface area contributed by atoms with Crippen LogP contribution in [0.25, 0.3) is 0 Å². The minimum atomic E-state index is 0.468. The summed E-state index contributed by atoms with van der Waals surface area (Å²) in [5.74, 6) is 0. The van der Waals surface area contributed by atoms with E-state index in [4.69, 9.17) is 0 Å². The van der Waals surface area contributed by atoms with Crippen LogP contribution in [0.15, 0.2) is 30.3 Å². The lowest BCUT2D eigenvalue weighted by Crippen LogP contribution is -2.56. The van der Waals surface area contributed by atoms with Crippen LogP contribution < -0.4 is 5.32 Å². The molecule has 0 aliphatic carbocycles. The average molecular weight is 189 g/mol. The minimum absolute atomic E-state index is 0.468. The lowest BCUT2D eigenvalue weighted by atomic mass is 9.80. The van der Waals surface area contributed by atoms with Crippen LogP contribution in [0.2, 0.25) is 0 Å². The maximum atomic E-state index is 3.58. The smallest absolute Gasteiger partial charge is 0.0194 e. The fourth-order valence-corrected chi connectivity index (χ4v) is 2.20. The van der Waals surface area contributed by atoms with Crippen molar-refractivity contribution in [2.75, 3.05) is 6.54 Å². The number of hydrogen-bond acceptors (Lipinski definition) is 1. The van der Waals surface area contributed by atoms with Gasteiger partial charge in [0.2, 0.25) is 0 Å². The zero-order chi connectivity index (χ0) is 9.86. The quantitative estimate of drug-likeness (QED) is 0.768. The Kier molecular flexibility index (Phi) is 2.87. The largest absolute Gasteiger partial charge is 0.311 e. The van der Waals surface area contributed by atoms with Crippen molar-refractivity contribution in [2.45, 2.75) is 38.1 Å². The van der Waals surface area contributed by atoms with Crippen LogP contribution in [-0.4, -0.2) is 12.1 Å². The van der Waals surface area contributed by atoms with Crippen LogP contribution in [-0.2, 0) is 6.42 Å². The van der Waals surface area contributed by atoms with E-state index in [1.165, 1.54) is 37.8 Å². The summed E-state index contributed by atoms with van der Waals surface area (Å²) < 4.78 is 0. The predicted octanol–water partition coefficient (Wildman–Crippen LogP) is 2.76. The Balaban J connectivity index is 1.88. The Morgan fingerprint density at radius 1 is 1.29 bits per heavy atom. The molecule has 0 radical (unpaired) electrons. The molecule has 1 unspecified atom stereocenters. The van der Waals surface area contributed by atoms with Gasteiger partial charge in [-0.15, -0.1) is 0 Å². The monoisotopic (exact) mass is 189 g/mol. The molecule has 1 atom stereocenters. The standard InChI is InChI=1S/C13H19N/c1-2-13(10-11-14-13)9-8-12-6-4-3-5-7-12/h3-7,14H,2,8-11H2,1H3. The van der Waals surface area contributed by atoms with Crippen molar-refractivity contribution in [3.8, 4) is 0 Å². The molecule has 1 saturated heterocycles. The minimum Gasteiger partial charge on any atom is -0.311 e. The van der Waals surface area contributed by atoms with Gasteiger partial charge in [0.1, 0.15) is 0 Å². The molecule has 1 aliphatic rings. The first-order valence-corrected chi connectivity index (χ1v) is 5.64. The second-order valence-corrected chi connectivity index (χ2v) is 4.30. The molecule has 0 bridgehead atoms. The zero-order valence-electron chi connectivity index (χ0n) is 8.92. The highest BCUT2D eigenvalue weighted by atomic mass is 15.0. The van der Waals surface area contributed by atoms with Gasteiger partial charge in [-0.25, -0.2) is 0 Å². The molecular formula is C13H19N. The van der Waals surface area contributed by atoms with Gasteiger partial charge < -0.3 is 5.32 Å². The molecule has 1 aliphatic heterocycles. The van der Waals surface area contributed by atoms with Crippen LogP contribution >= 0.6 is 0 Å². The molecule has 1 heterocycles. The molecule has 1 heteroatoms. The molecule has 0 aromatic heterocycles. The number of hydrogen-bond donors (Lipinski definition) is 1. The molecule has 1 N–H and O–H groups in total. The predicted molar refractivity (Wildman–Crippen MR) is 60.4 cm³/mol. The van der Waals surface area contributed by atoms with Gasteiger partial charge in [0.25, 0.3) is 0 Å². The van der Waals surface area contributed by atoms with E-state index < -0.39 is 0 Å². The molecule has 2 rings (SSSR count). The Morgan fingerprint density at radius 3 is 2.50 bits per heavy atom. The second-order valence-electron chi connectivity index (χ2n) is 4.30. The molecule has 14 heavy (non-hydrogen) atoms. The van der Waals surface area contributed by atoms with Gasteiger partial charge in [-0.3, -0.25) is 0 Å². The lowest BCUT2D eigenvalue weighted by molar-refractivity contribution is 0.184. The van der Waals surface area contributed by atoms with Crippen molar-refractivity contribution < 1.29 is 0 Å². The van der Waals surface area contributed by atoms with E-state index in [1.807, 2.05) is 0 Å². The number of benzene rings is 1. The van der Waals surface area contributed by atoms with Gasteiger partial charge in [0.05, 0.1) is 0 Å². The van der Waals surface area contributed by atoms with Gasteiger partial charge in [0, 0.05) is 5.54 Å². The van der Waals surface area contributed by atoms with Gasteiger partial charge in [0.15, 0.2) is 0 Å². The molecule has 0 amide bonds. The molecular weight excluding hydrogens is 170 g/mol. The molecule has 1 aromatic rings. The van der Waals surface area contributed by atoms with Gasteiger partial charge in [-0.1, -0.05) is 37.3 Å². The number of rotatable bonds is 4. The van der Waals surface area contributed by atoms with Crippen molar-refractivity contribution in [1.29, 1.82) is 0 Å². The summed E-state index contributed by atoms with van der Waals surface area (Å²) in [5.41, 5.74) is 1.93. The molecule has 1 nitrogen and oxygen atoms in total. The van der Waals surface area contributed by atoms with Crippen LogP contribution in [0.3, 0.4) is 0 Å². The Morgan fingerprint density at radius 2 is 2.00 bits per heavy atom. The van der Waals surface area contributed by atoms with E-state index in [-0.39, 0.29) is 0 Å². The van der Waals surface area contributed by atoms with Gasteiger partial charge in [-0.2, -0.15) is 0 Å². The average Bonchev–Trinajstić information content (AvgIpc) is 2.19. The third kappa shape index (κ3) is 1.98. The van der Waals surface area contributed by atoms with E-state index >= 15 is 0 Å². The van der Waals surface area contributed by atoms with Crippen molar-refractivity contribution in [3.05, 3.63) is 35.9 Å². The molecule has 0 spiro atoms. The second kappa shape index (κ2) is 4.14. The third-order valence-electron chi connectivity index (χ3n) is 3.52. The van der Waals surface area contributed by atoms with Crippen molar-refractivity contribution in [2.24, 2.45) is 0 Å². The summed E-state index contributed by atoms with van der Waals surface area (Å²) >= 11 is 0. The highest BCUT2D eigenvalue weighted by Crippen LogP contribution is 2.28. The highest BCUT2D eigenvalue weighted by molar-refractivity contribution is 5.15. The van der Waals surface area contributed by atoms with Crippen LogP contribution in [0.1, 0.15) is 31.7 Å². The summed E-state index contributed by atoms with van der Waals surface area (Å²) in [6.07, 6.45) is 5.12. The Bertz CT molecular complexity index is 269. The first-order chi connectivity index (χ1) is 6.85. The zero-order valence-corrected chi connectivity index (χ0v) is 8.92. The fraction of sp³-hybridized carbons (Fsp3) is 0.538. The molecule has 76 valence electrons. The summed E-state index contributed by atoms with van der Waals surface area (Å²) in [6, 6.07) is 10.8. The van der Waals surface area contributed by atoms with Gasteiger partial charge in [-0.05, 0) is 37.8 Å². The van der Waals surface area contributed by atoms with Crippen LogP contribution in [0.4, 0.5) is 0 Å². The van der Waals surface area contributed by atoms with Gasteiger partial charge >= 0.3 is 0 Å². The summed E-state index contributed by atoms with van der Waals surface area (Å²) in [7, 11) is 0. The van der Waals surface area contributed by atoms with E-state index in [0.29, 0.717) is 5.54 Å². The summed E-state index contributed by atoms with van der Waals surface area (Å²) in [6.45, 7) is 3.50. The topological polar surface area (TPSA) is 12.0 Å². The van der Waals surface area contributed by atoms with Crippen molar-refractivity contribution in [1.82, 2.24) is 5.32 Å². The van der Waals surface area contributed by atoms with E-state index in [9.17, 15) is 0 Å². The number of nitrogens with one attached hydrogen (secondary N) is 1. The molecule has 1 aromatic carbocycles. The van der Waals surface area contributed by atoms with E-state index in [1.54, 1.807) is 0 Å². The van der Waals surface area contributed by atoms with Crippen molar-refractivity contribution >= 4 is 0 Å². The highest BCUT2D eigenvalue weighted by Gasteiger charge is 2.33. The maximum Gasteiger partial charge on any atom is 0.0194 e. The van der Waals surface area contributed by atoms with Crippen LogP contribution in [0, 0.1) is 0 Å². The first kappa shape index (κ1) is 9.72. The third-order valence-corrected chi connectivity index (χ3v) is 3.52. The Labute approximate surface area is 86.5 Å². The van der Waals surface area contributed by atoms with E-state index in [0.717, 1.165) is 0 Å². The van der Waals surface area contributed by atoms with Crippen LogP contribution in [0.5, 0.6) is 0 Å². The normalized spacial score (nSPS) is 25.8. The fourth-order valence-electron chi connectivity index (χ4n) is 2.20.